The Morgan fingerprint density at radius 2 is 1.70 bits per heavy atom. The third-order valence-electron chi connectivity index (χ3n) is 4.99. The third-order valence-corrected chi connectivity index (χ3v) is 5.73. The first-order valence-electron chi connectivity index (χ1n) is 8.87. The first-order chi connectivity index (χ1) is 13.0. The highest BCUT2D eigenvalue weighted by atomic mass is 35.5. The van der Waals surface area contributed by atoms with Crippen LogP contribution in [-0.2, 0) is 14.4 Å². The van der Waals surface area contributed by atoms with Gasteiger partial charge in [0.25, 0.3) is 5.91 Å². The Balaban J connectivity index is 1.69. The van der Waals surface area contributed by atoms with Crippen molar-refractivity contribution in [2.45, 2.75) is 31.9 Å². The van der Waals surface area contributed by atoms with E-state index in [9.17, 15) is 9.59 Å². The minimum atomic E-state index is -0.830. The van der Waals surface area contributed by atoms with Crippen molar-refractivity contribution in [3.8, 4) is 0 Å². The van der Waals surface area contributed by atoms with Crippen LogP contribution in [0.4, 0.5) is 11.4 Å². The molecule has 27 heavy (non-hydrogen) atoms. The van der Waals surface area contributed by atoms with Gasteiger partial charge in [0, 0.05) is 0 Å². The Hall–Kier alpha value is -2.08. The molecule has 2 amide bonds. The molecule has 2 fully saturated rings. The molecule has 2 aromatic rings. The molecule has 5 nitrogen and oxygen atoms in total. The molecule has 2 aliphatic rings. The number of hydrogen-bond donors (Lipinski definition) is 0. The van der Waals surface area contributed by atoms with E-state index >= 15 is 0 Å². The zero-order valence-electron chi connectivity index (χ0n) is 14.6. The molecule has 0 aliphatic carbocycles. The highest BCUT2D eigenvalue weighted by Crippen LogP contribution is 2.42. The first kappa shape index (κ1) is 18.3. The summed E-state index contributed by atoms with van der Waals surface area (Å²) in [5.74, 6) is -1.11. The average Bonchev–Trinajstić information content (AvgIpc) is 3.15. The fraction of sp³-hybridized carbons (Fsp3) is 0.300. The fourth-order valence-corrected chi connectivity index (χ4v) is 4.08. The minimum absolute atomic E-state index is 0.225. The summed E-state index contributed by atoms with van der Waals surface area (Å²) >= 11 is 12.1. The van der Waals surface area contributed by atoms with Gasteiger partial charge in [0.05, 0.1) is 33.4 Å². The van der Waals surface area contributed by atoms with Crippen LogP contribution in [0.15, 0.2) is 48.5 Å². The lowest BCUT2D eigenvalue weighted by molar-refractivity contribution is -0.126. The molecule has 3 atom stereocenters. The normalized spacial score (nSPS) is 24.6. The van der Waals surface area contributed by atoms with Gasteiger partial charge in [-0.05, 0) is 36.8 Å². The van der Waals surface area contributed by atoms with Gasteiger partial charge in [0.1, 0.15) is 0 Å². The number of halogens is 2. The molecule has 0 bridgehead atoms. The predicted molar refractivity (Wildman–Crippen MR) is 105 cm³/mol. The van der Waals surface area contributed by atoms with E-state index in [2.05, 4.69) is 0 Å². The van der Waals surface area contributed by atoms with Gasteiger partial charge < -0.3 is 0 Å². The second kappa shape index (κ2) is 7.15. The van der Waals surface area contributed by atoms with Gasteiger partial charge in [-0.15, -0.1) is 0 Å². The van der Waals surface area contributed by atoms with E-state index in [4.69, 9.17) is 28.0 Å². The summed E-state index contributed by atoms with van der Waals surface area (Å²) in [6.07, 6.45) is 0.731. The van der Waals surface area contributed by atoms with Gasteiger partial charge in [-0.2, -0.15) is 0 Å². The van der Waals surface area contributed by atoms with Crippen molar-refractivity contribution in [2.75, 3.05) is 9.96 Å². The molecule has 2 aromatic carbocycles. The lowest BCUT2D eigenvalue weighted by Gasteiger charge is -2.28. The quantitative estimate of drug-likeness (QED) is 0.705. The summed E-state index contributed by atoms with van der Waals surface area (Å²) in [4.78, 5) is 33.3. The second-order valence-electron chi connectivity index (χ2n) is 6.68. The molecular formula is C20H18Cl2N2O3. The summed E-state index contributed by atoms with van der Waals surface area (Å²) in [6.45, 7) is 2.04. The molecule has 0 radical (unpaired) electrons. The van der Waals surface area contributed by atoms with Crippen LogP contribution in [0.3, 0.4) is 0 Å². The number of carbonyl (C=O) groups excluding carboxylic acids is 2. The van der Waals surface area contributed by atoms with Crippen molar-refractivity contribution < 1.29 is 14.4 Å². The molecule has 7 heteroatoms. The lowest BCUT2D eigenvalue weighted by atomic mass is 9.93. The van der Waals surface area contributed by atoms with E-state index < -0.39 is 12.0 Å². The predicted octanol–water partition coefficient (Wildman–Crippen LogP) is 4.47. The summed E-state index contributed by atoms with van der Waals surface area (Å²) in [6, 6.07) is 13.9. The smallest absolute Gasteiger partial charge is 0.266 e. The minimum Gasteiger partial charge on any atom is -0.273 e. The standard InChI is InChI=1S/C20H18Cl2N2O3/c1-2-6-16-17-18(27-24(16)13-9-10-14(21)15(22)11-13)20(26)23(19(17)25)12-7-4-3-5-8-12/h3-5,7-11,16-18H,2,6H2,1H3/t16-,17-,18+/m1/s1. The SMILES string of the molecule is CCC[C@@H]1[C@H]2C(=O)N(c3ccccc3)C(=O)[C@H]2ON1c1ccc(Cl)c(Cl)c1. The summed E-state index contributed by atoms with van der Waals surface area (Å²) in [5, 5.41) is 2.49. The molecule has 0 N–H and O–H groups in total. The maximum Gasteiger partial charge on any atom is 0.266 e. The number of imide groups is 1. The number of carbonyl (C=O) groups is 2. The molecule has 0 saturated carbocycles. The lowest BCUT2D eigenvalue weighted by Crippen LogP contribution is -2.40. The average molecular weight is 405 g/mol. The van der Waals surface area contributed by atoms with E-state index in [0.29, 0.717) is 27.8 Å². The number of hydroxylamine groups is 1. The van der Waals surface area contributed by atoms with Crippen LogP contribution in [0.2, 0.25) is 10.0 Å². The maximum atomic E-state index is 13.1. The second-order valence-corrected chi connectivity index (χ2v) is 7.49. The van der Waals surface area contributed by atoms with Crippen LogP contribution in [-0.4, -0.2) is 24.0 Å². The number of amides is 2. The van der Waals surface area contributed by atoms with Crippen molar-refractivity contribution >= 4 is 46.4 Å². The van der Waals surface area contributed by atoms with Crippen LogP contribution in [0.25, 0.3) is 0 Å². The largest absolute Gasteiger partial charge is 0.273 e. The Morgan fingerprint density at radius 1 is 0.963 bits per heavy atom. The zero-order chi connectivity index (χ0) is 19.1. The number of hydrogen-bond acceptors (Lipinski definition) is 4. The Labute approximate surface area is 167 Å². The third kappa shape index (κ3) is 3.00. The summed E-state index contributed by atoms with van der Waals surface area (Å²) < 4.78 is 0. The molecule has 2 saturated heterocycles. The van der Waals surface area contributed by atoms with Crippen LogP contribution >= 0.6 is 23.2 Å². The number of fused-ring (bicyclic) bond motifs is 1. The Bertz CT molecular complexity index is 890. The Kier molecular flexibility index (Phi) is 4.84. The monoisotopic (exact) mass is 404 g/mol. The van der Waals surface area contributed by atoms with E-state index in [1.807, 2.05) is 13.0 Å². The van der Waals surface area contributed by atoms with Crippen LogP contribution in [0.5, 0.6) is 0 Å². The van der Waals surface area contributed by atoms with E-state index in [0.717, 1.165) is 6.42 Å². The number of rotatable bonds is 4. The summed E-state index contributed by atoms with van der Waals surface area (Å²) in [5.41, 5.74) is 1.26. The number of para-hydroxylation sites is 1. The topological polar surface area (TPSA) is 49.9 Å². The number of benzene rings is 2. The summed E-state index contributed by atoms with van der Waals surface area (Å²) in [7, 11) is 0. The van der Waals surface area contributed by atoms with Crippen molar-refractivity contribution in [3.63, 3.8) is 0 Å². The molecule has 4 rings (SSSR count). The highest BCUT2D eigenvalue weighted by molar-refractivity contribution is 6.42. The number of nitrogens with zero attached hydrogens (tertiary/aromatic N) is 2. The molecular weight excluding hydrogens is 387 g/mol. The van der Waals surface area contributed by atoms with E-state index in [1.165, 1.54) is 4.90 Å². The molecule has 0 unspecified atom stereocenters. The van der Waals surface area contributed by atoms with Gasteiger partial charge in [-0.1, -0.05) is 54.7 Å². The fourth-order valence-electron chi connectivity index (χ4n) is 3.79. The van der Waals surface area contributed by atoms with Gasteiger partial charge in [-0.25, -0.2) is 9.96 Å². The molecule has 140 valence electrons. The first-order valence-corrected chi connectivity index (χ1v) is 9.62. The van der Waals surface area contributed by atoms with Crippen LogP contribution in [0.1, 0.15) is 19.8 Å². The van der Waals surface area contributed by atoms with Crippen molar-refractivity contribution in [1.82, 2.24) is 0 Å². The highest BCUT2D eigenvalue weighted by Gasteiger charge is 2.59. The van der Waals surface area contributed by atoms with Gasteiger partial charge in [0.15, 0.2) is 6.10 Å². The molecule has 0 spiro atoms. The van der Waals surface area contributed by atoms with E-state index in [1.54, 1.807) is 47.5 Å². The molecule has 2 aliphatic heterocycles. The van der Waals surface area contributed by atoms with Crippen molar-refractivity contribution in [3.05, 3.63) is 58.6 Å². The van der Waals surface area contributed by atoms with Gasteiger partial charge in [-0.3, -0.25) is 14.4 Å². The van der Waals surface area contributed by atoms with Crippen LogP contribution in [0, 0.1) is 5.92 Å². The van der Waals surface area contributed by atoms with Gasteiger partial charge in [0.2, 0.25) is 5.91 Å². The molecule has 0 aromatic heterocycles. The Morgan fingerprint density at radius 3 is 2.37 bits per heavy atom. The van der Waals surface area contributed by atoms with Crippen molar-refractivity contribution in [1.29, 1.82) is 0 Å². The zero-order valence-corrected chi connectivity index (χ0v) is 16.2. The van der Waals surface area contributed by atoms with E-state index in [-0.39, 0.29) is 17.9 Å². The van der Waals surface area contributed by atoms with Crippen LogP contribution < -0.4 is 9.96 Å². The number of anilines is 2. The molecule has 2 heterocycles. The maximum absolute atomic E-state index is 13.1. The van der Waals surface area contributed by atoms with Gasteiger partial charge >= 0.3 is 0 Å². The van der Waals surface area contributed by atoms with Crippen molar-refractivity contribution in [2.24, 2.45) is 5.92 Å².